The first-order valence-corrected chi connectivity index (χ1v) is 9.40. The summed E-state index contributed by atoms with van der Waals surface area (Å²) in [5.74, 6) is 0.134. The molecular weight excluding hydrogens is 370 g/mol. The van der Waals surface area contributed by atoms with Crippen LogP contribution in [0.4, 0.5) is 0 Å². The molecule has 1 unspecified atom stereocenters. The van der Waals surface area contributed by atoms with Crippen molar-refractivity contribution in [3.8, 4) is 0 Å². The van der Waals surface area contributed by atoms with E-state index in [4.69, 9.17) is 0 Å². The monoisotopic (exact) mass is 389 g/mol. The summed E-state index contributed by atoms with van der Waals surface area (Å²) < 4.78 is 1.86. The third kappa shape index (κ3) is 2.62. The van der Waals surface area contributed by atoms with Crippen molar-refractivity contribution in [1.29, 1.82) is 0 Å². The lowest BCUT2D eigenvalue weighted by atomic mass is 9.75. The molecule has 0 aromatic heterocycles. The second-order valence-electron chi connectivity index (χ2n) is 6.73. The van der Waals surface area contributed by atoms with Gasteiger partial charge < -0.3 is 0 Å². The zero-order chi connectivity index (χ0) is 16.7. The van der Waals surface area contributed by atoms with Crippen molar-refractivity contribution in [1.82, 2.24) is 4.31 Å². The number of benzene rings is 2. The van der Waals surface area contributed by atoms with Crippen LogP contribution in [-0.2, 0) is 10.2 Å². The van der Waals surface area contributed by atoms with Crippen LogP contribution in [0.15, 0.2) is 60.7 Å². The molecule has 1 aliphatic heterocycles. The van der Waals surface area contributed by atoms with E-state index in [1.807, 2.05) is 65.0 Å². The molecule has 1 heterocycles. The predicted molar refractivity (Wildman–Crippen MR) is 101 cm³/mol. The Labute approximate surface area is 150 Å². The molecule has 1 saturated heterocycles. The van der Waals surface area contributed by atoms with Gasteiger partial charge in [0.25, 0.3) is 0 Å². The molecule has 0 radical (unpaired) electrons. The van der Waals surface area contributed by atoms with Gasteiger partial charge in [0.05, 0.1) is 0 Å². The summed E-state index contributed by atoms with van der Waals surface area (Å²) in [7, 11) is 0. The van der Waals surface area contributed by atoms with Crippen LogP contribution in [0.5, 0.6) is 0 Å². The van der Waals surface area contributed by atoms with Crippen molar-refractivity contribution in [2.75, 3.05) is 0 Å². The highest BCUT2D eigenvalue weighted by Gasteiger charge is 2.58. The summed E-state index contributed by atoms with van der Waals surface area (Å²) in [6, 6.07) is 20.2. The lowest BCUT2D eigenvalue weighted by Gasteiger charge is -2.34. The van der Waals surface area contributed by atoms with E-state index in [1.54, 1.807) is 11.9 Å². The third-order valence-corrected chi connectivity index (χ3v) is 6.78. The summed E-state index contributed by atoms with van der Waals surface area (Å²) in [6.45, 7) is 6.22. The predicted octanol–water partition coefficient (Wildman–Crippen LogP) is 4.98. The van der Waals surface area contributed by atoms with Gasteiger partial charge >= 0.3 is 0 Å². The molecule has 4 heteroatoms. The number of halogens is 1. The molecule has 120 valence electrons. The SMILES string of the molecule is CC(C)(C)N1SC(Br)C(c2ccccc2)(c2ccccc2)C1=O. The second kappa shape index (κ2) is 5.99. The van der Waals surface area contributed by atoms with Crippen LogP contribution in [0.1, 0.15) is 31.9 Å². The van der Waals surface area contributed by atoms with Crippen LogP contribution in [0, 0.1) is 0 Å². The number of rotatable bonds is 2. The van der Waals surface area contributed by atoms with E-state index in [9.17, 15) is 4.79 Å². The highest BCUT2D eigenvalue weighted by molar-refractivity contribution is 9.11. The largest absolute Gasteiger partial charge is 0.279 e. The Morgan fingerprint density at radius 3 is 1.74 bits per heavy atom. The molecule has 1 amide bonds. The van der Waals surface area contributed by atoms with E-state index in [-0.39, 0.29) is 15.6 Å². The maximum absolute atomic E-state index is 13.6. The van der Waals surface area contributed by atoms with E-state index in [2.05, 4.69) is 36.7 Å². The molecule has 2 aromatic carbocycles. The Balaban J connectivity index is 2.24. The fraction of sp³-hybridized carbons (Fsp3) is 0.316. The third-order valence-electron chi connectivity index (χ3n) is 4.13. The molecule has 1 fully saturated rings. The summed E-state index contributed by atoms with van der Waals surface area (Å²) in [5.41, 5.74) is 1.11. The Bertz CT molecular complexity index is 657. The first-order chi connectivity index (χ1) is 10.9. The first-order valence-electron chi connectivity index (χ1n) is 7.65. The van der Waals surface area contributed by atoms with Crippen LogP contribution < -0.4 is 0 Å². The Morgan fingerprint density at radius 1 is 0.957 bits per heavy atom. The van der Waals surface area contributed by atoms with Crippen molar-refractivity contribution < 1.29 is 4.79 Å². The fourth-order valence-corrected chi connectivity index (χ4v) is 5.52. The highest BCUT2D eigenvalue weighted by atomic mass is 79.9. The van der Waals surface area contributed by atoms with Gasteiger partial charge in [0, 0.05) is 5.54 Å². The zero-order valence-corrected chi connectivity index (χ0v) is 15.9. The minimum Gasteiger partial charge on any atom is -0.279 e. The lowest BCUT2D eigenvalue weighted by Crippen LogP contribution is -2.47. The Kier molecular flexibility index (Phi) is 4.32. The minimum atomic E-state index is -0.708. The molecule has 2 nitrogen and oxygen atoms in total. The molecule has 1 atom stereocenters. The number of hydrogen-bond donors (Lipinski definition) is 0. The van der Waals surface area contributed by atoms with Gasteiger partial charge in [-0.15, -0.1) is 0 Å². The number of nitrogens with zero attached hydrogens (tertiary/aromatic N) is 1. The minimum absolute atomic E-state index is 0.0495. The van der Waals surface area contributed by atoms with E-state index in [0.29, 0.717) is 0 Å². The van der Waals surface area contributed by atoms with Gasteiger partial charge in [0.15, 0.2) is 0 Å². The molecule has 0 aliphatic carbocycles. The topological polar surface area (TPSA) is 20.3 Å². The summed E-state index contributed by atoms with van der Waals surface area (Å²) in [6.07, 6.45) is 0. The van der Waals surface area contributed by atoms with E-state index >= 15 is 0 Å². The molecule has 0 N–H and O–H groups in total. The lowest BCUT2D eigenvalue weighted by molar-refractivity contribution is -0.131. The molecule has 23 heavy (non-hydrogen) atoms. The number of alkyl halides is 1. The maximum Gasteiger partial charge on any atom is 0.250 e. The number of carbonyl (C=O) groups excluding carboxylic acids is 1. The van der Waals surface area contributed by atoms with Crippen LogP contribution in [-0.4, -0.2) is 19.9 Å². The zero-order valence-electron chi connectivity index (χ0n) is 13.5. The molecule has 3 rings (SSSR count). The van der Waals surface area contributed by atoms with Crippen molar-refractivity contribution in [2.45, 2.75) is 35.9 Å². The smallest absolute Gasteiger partial charge is 0.250 e. The van der Waals surface area contributed by atoms with Gasteiger partial charge in [-0.2, -0.15) is 0 Å². The van der Waals surface area contributed by atoms with Crippen LogP contribution in [0.2, 0.25) is 0 Å². The molecule has 0 saturated carbocycles. The van der Waals surface area contributed by atoms with Crippen molar-refractivity contribution in [3.05, 3.63) is 71.8 Å². The Hall–Kier alpha value is -1.26. The first kappa shape index (κ1) is 16.6. The number of hydrogen-bond acceptors (Lipinski definition) is 2. The fourth-order valence-electron chi connectivity index (χ4n) is 3.02. The maximum atomic E-state index is 13.6. The van der Waals surface area contributed by atoms with Crippen LogP contribution in [0.3, 0.4) is 0 Å². The van der Waals surface area contributed by atoms with E-state index in [1.165, 1.54) is 0 Å². The summed E-state index contributed by atoms with van der Waals surface area (Å²) in [4.78, 5) is 13.6. The van der Waals surface area contributed by atoms with Crippen LogP contribution >= 0.6 is 27.9 Å². The molecule has 0 spiro atoms. The van der Waals surface area contributed by atoms with E-state index in [0.717, 1.165) is 11.1 Å². The molecular formula is C19H20BrNOS. The average molecular weight is 390 g/mol. The number of amides is 1. The van der Waals surface area contributed by atoms with Gasteiger partial charge in [-0.3, -0.25) is 9.10 Å². The van der Waals surface area contributed by atoms with Crippen molar-refractivity contribution in [3.63, 3.8) is 0 Å². The van der Waals surface area contributed by atoms with Crippen molar-refractivity contribution in [2.24, 2.45) is 0 Å². The second-order valence-corrected chi connectivity index (χ2v) is 9.30. The van der Waals surface area contributed by atoms with Crippen molar-refractivity contribution >= 4 is 33.8 Å². The van der Waals surface area contributed by atoms with Crippen LogP contribution in [0.25, 0.3) is 0 Å². The highest BCUT2D eigenvalue weighted by Crippen LogP contribution is 2.54. The normalized spacial score (nSPS) is 20.8. The van der Waals surface area contributed by atoms with Gasteiger partial charge in [-0.05, 0) is 43.8 Å². The van der Waals surface area contributed by atoms with Gasteiger partial charge in [0.1, 0.15) is 9.57 Å². The van der Waals surface area contributed by atoms with E-state index < -0.39 is 5.41 Å². The number of carbonyl (C=O) groups is 1. The molecule has 1 aliphatic rings. The average Bonchev–Trinajstić information content (AvgIpc) is 2.81. The standard InChI is InChI=1S/C19H20BrNOS/c1-18(2,3)21-17(22)19(16(20)23-21,14-10-6-4-7-11-14)15-12-8-5-9-13-15/h4-13,16H,1-3H3. The molecule has 0 bridgehead atoms. The quantitative estimate of drug-likeness (QED) is 0.532. The van der Waals surface area contributed by atoms with Gasteiger partial charge in [-0.25, -0.2) is 0 Å². The van der Waals surface area contributed by atoms with Gasteiger partial charge in [0.2, 0.25) is 5.91 Å². The summed E-state index contributed by atoms with van der Waals surface area (Å²) in [5, 5.41) is 0. The van der Waals surface area contributed by atoms with Gasteiger partial charge in [-0.1, -0.05) is 76.6 Å². The molecule has 2 aromatic rings. The Morgan fingerprint density at radius 2 is 1.39 bits per heavy atom. The summed E-state index contributed by atoms with van der Waals surface area (Å²) >= 11 is 5.39.